The molecule has 0 aliphatic heterocycles. The number of hydrogen-bond donors (Lipinski definition) is 0. The van der Waals surface area contributed by atoms with Crippen molar-refractivity contribution in [1.82, 2.24) is 14.7 Å². The van der Waals surface area contributed by atoms with Gasteiger partial charge in [0.05, 0.1) is 35.4 Å². The summed E-state index contributed by atoms with van der Waals surface area (Å²) in [5.41, 5.74) is 0. The van der Waals surface area contributed by atoms with Gasteiger partial charge in [0, 0.05) is 245 Å². The third kappa shape index (κ3) is 113. The molecule has 0 fully saturated rings. The smallest absolute Gasteiger partial charge is 0.225 e. The van der Waals surface area contributed by atoms with Crippen molar-refractivity contribution < 1.29 is 254 Å². The zero-order chi connectivity index (χ0) is 37.8. The van der Waals surface area contributed by atoms with Crippen LogP contribution in [0.5, 0.6) is 0 Å². The molecule has 308 valence electrons. The summed E-state index contributed by atoms with van der Waals surface area (Å²) in [4.78, 5) is 123. The average Bonchev–Trinajstić information content (AvgIpc) is 2.81. The van der Waals surface area contributed by atoms with E-state index in [1.54, 1.807) is 0 Å². The molecule has 0 aromatic rings. The van der Waals surface area contributed by atoms with Gasteiger partial charge >= 0.3 is 0 Å². The number of amides is 12. The first-order chi connectivity index (χ1) is 20.0. The van der Waals surface area contributed by atoms with Crippen molar-refractivity contribution in [1.29, 1.82) is 0 Å². The summed E-state index contributed by atoms with van der Waals surface area (Å²) in [6.45, 7) is 15.3. The quantitative estimate of drug-likeness (QED) is 0.311. The van der Waals surface area contributed by atoms with Crippen LogP contribution in [0.25, 0.3) is 16.0 Å². The van der Waals surface area contributed by atoms with Gasteiger partial charge in [0.2, 0.25) is 11.8 Å². The van der Waals surface area contributed by atoms with Gasteiger partial charge in [-0.3, -0.25) is 33.7 Å². The second-order valence-corrected chi connectivity index (χ2v) is 7.98. The fourth-order valence-electron chi connectivity index (χ4n) is 1.33. The molecule has 0 aliphatic rings. The van der Waals surface area contributed by atoms with E-state index >= 15 is 0 Å². The van der Waals surface area contributed by atoms with Crippen LogP contribution >= 0.6 is 0 Å². The topological polar surface area (TPSA) is 257 Å². The number of hydrogen-bond acceptors (Lipinski definition) is 12. The fraction of sp³-hybridized carbons (Fsp3) is 0.516. The number of rotatable bonds is 0. The Labute approximate surface area is 481 Å². The van der Waals surface area contributed by atoms with Crippen LogP contribution in [0.15, 0.2) is 0 Å². The van der Waals surface area contributed by atoms with E-state index < -0.39 is 35.4 Å². The number of imide groups is 6. The molecule has 6 radical (unpaired) electrons. The summed E-state index contributed by atoms with van der Waals surface area (Å²) in [6, 6.07) is 0. The molecular weight excluding hydrogens is 1180 g/mol. The molecule has 18 nitrogen and oxygen atoms in total. The van der Waals surface area contributed by atoms with Gasteiger partial charge in [-0.1, -0.05) is 22.3 Å². The number of carbonyl (C=O) groups excluding carboxylic acids is 12. The second kappa shape index (κ2) is 67.2. The Morgan fingerprint density at radius 1 is 0.327 bits per heavy atom. The molecule has 0 aromatic carbocycles. The van der Waals surface area contributed by atoms with E-state index in [-0.39, 0.29) is 261 Å². The van der Waals surface area contributed by atoms with Gasteiger partial charge < -0.3 is 61.9 Å². The molecule has 0 N–H and O–H groups in total. The van der Waals surface area contributed by atoms with Crippen molar-refractivity contribution in [2.45, 2.75) is 105 Å². The molecule has 24 heteroatoms. The molecule has 0 saturated heterocycles. The molecule has 0 bridgehead atoms. The van der Waals surface area contributed by atoms with Gasteiger partial charge in [-0.2, -0.15) is 0 Å². The first-order valence-electron chi connectivity index (χ1n) is 12.2. The maximum atomic E-state index is 10.3. The van der Waals surface area contributed by atoms with Crippen LogP contribution in [0.4, 0.5) is 0 Å². The molecule has 0 atom stereocenters. The number of carbonyl (C=O) groups is 12. The van der Waals surface area contributed by atoms with E-state index in [0.29, 0.717) is 0 Å². The Bertz CT molecular complexity index is 905. The zero-order valence-corrected chi connectivity index (χ0v) is 49.5. The monoisotopic (exact) mass is 1240 g/mol. The maximum Gasteiger partial charge on any atom is 0.225 e. The SMILES string of the molecule is C.C.C.CC(=O)N(C)C(C)=O.CC(=O)[N-]C(C)=O.CC(=O)[N-]C(C)=O.CC(=O)[N-]C(C)=O.[CH2-]N(C(C)=O)C(C)=O.[CH2-]N(C(C)=O)C(C)=O.[CH3-].[Y].[Y].[Y].[Y].[Y].[Y]. The Kier molecular flexibility index (Phi) is 130. The Hall–Kier alpha value is 1.46. The van der Waals surface area contributed by atoms with E-state index in [0.717, 1.165) is 14.7 Å². The summed E-state index contributed by atoms with van der Waals surface area (Å²) in [5, 5.41) is 9.00. The number of nitrogens with zero attached hydrogens (tertiary/aromatic N) is 6. The summed E-state index contributed by atoms with van der Waals surface area (Å²) < 4.78 is 0. The van der Waals surface area contributed by atoms with E-state index in [1.807, 2.05) is 0 Å². The molecule has 0 aromatic heterocycles. The zero-order valence-electron chi connectivity index (χ0n) is 32.5. The predicted molar refractivity (Wildman–Crippen MR) is 187 cm³/mol. The third-order valence-corrected chi connectivity index (χ3v) is 3.41. The predicted octanol–water partition coefficient (Wildman–Crippen LogP) is 4.06. The van der Waals surface area contributed by atoms with Gasteiger partial charge in [0.15, 0.2) is 23.6 Å². The van der Waals surface area contributed by atoms with Crippen molar-refractivity contribution in [3.8, 4) is 0 Å². The van der Waals surface area contributed by atoms with E-state index in [2.05, 4.69) is 30.0 Å². The Balaban J connectivity index is -0.0000000229. The van der Waals surface area contributed by atoms with Crippen LogP contribution in [0, 0.1) is 21.5 Å². The summed E-state index contributed by atoms with van der Waals surface area (Å²) in [5.74, 6) is -4.42. The summed E-state index contributed by atoms with van der Waals surface area (Å²) in [7, 11) is 7.79. The van der Waals surface area contributed by atoms with Crippen LogP contribution in [0.1, 0.15) is 105 Å². The van der Waals surface area contributed by atoms with Crippen LogP contribution in [-0.4, -0.2) is 92.6 Å². The van der Waals surface area contributed by atoms with E-state index in [1.165, 1.54) is 90.1 Å². The molecule has 0 heterocycles. The van der Waals surface area contributed by atoms with Gasteiger partial charge in [-0.25, -0.2) is 14.1 Å². The van der Waals surface area contributed by atoms with Crippen LogP contribution in [-0.2, 0) is 254 Å². The maximum absolute atomic E-state index is 10.3. The molecular formula is C31H58N6O12Y6-6. The first kappa shape index (κ1) is 106. The molecule has 12 amide bonds. The van der Waals surface area contributed by atoms with Gasteiger partial charge in [0.1, 0.15) is 0 Å². The van der Waals surface area contributed by atoms with E-state index in [4.69, 9.17) is 0 Å². The van der Waals surface area contributed by atoms with Gasteiger partial charge in [-0.05, 0) is 41.5 Å². The molecule has 0 rings (SSSR count). The van der Waals surface area contributed by atoms with E-state index in [9.17, 15) is 57.5 Å². The molecule has 0 unspecified atom stereocenters. The first-order valence-corrected chi connectivity index (χ1v) is 12.2. The Morgan fingerprint density at radius 2 is 0.436 bits per heavy atom. The van der Waals surface area contributed by atoms with Crippen molar-refractivity contribution in [3.05, 3.63) is 37.5 Å². The van der Waals surface area contributed by atoms with Crippen molar-refractivity contribution >= 4 is 70.9 Å². The normalized spacial score (nSPS) is 6.60. The molecule has 0 aliphatic carbocycles. The standard InChI is InChI=1S/C5H9NO2.2C5H8NO2.3C4H7NO2.3CH4.CH3.6Y/c3*1-4(7)6(3)5(2)8;3*1-3(6)5-4(2)7;;;;;;;;;;/h1-3H3;2*3H2,1-2H3;3*1-2H3,(H,5,6,7);3*1H4;1H3;;;;;;/q;2*-1;;;;;;;-1;;;;;;/p-3. The van der Waals surface area contributed by atoms with Crippen molar-refractivity contribution in [2.75, 3.05) is 7.05 Å². The molecule has 55 heavy (non-hydrogen) atoms. The minimum Gasteiger partial charge on any atom is -0.596 e. The minimum absolute atomic E-state index is 0. The van der Waals surface area contributed by atoms with Crippen LogP contribution < -0.4 is 0 Å². The average molecular weight is 1240 g/mol. The second-order valence-electron chi connectivity index (χ2n) is 7.98. The molecule has 0 spiro atoms. The summed E-state index contributed by atoms with van der Waals surface area (Å²) in [6.07, 6.45) is 0. The fourth-order valence-corrected chi connectivity index (χ4v) is 1.33. The largest absolute Gasteiger partial charge is 0.596 e. The van der Waals surface area contributed by atoms with Crippen molar-refractivity contribution in [2.24, 2.45) is 0 Å². The van der Waals surface area contributed by atoms with Crippen LogP contribution in [0.2, 0.25) is 0 Å². The van der Waals surface area contributed by atoms with Crippen LogP contribution in [0.3, 0.4) is 0 Å². The Morgan fingerprint density at radius 3 is 0.436 bits per heavy atom. The van der Waals surface area contributed by atoms with Gasteiger partial charge in [0.25, 0.3) is 0 Å². The minimum atomic E-state index is -0.437. The summed E-state index contributed by atoms with van der Waals surface area (Å²) >= 11 is 0. The van der Waals surface area contributed by atoms with Crippen molar-refractivity contribution in [3.63, 3.8) is 0 Å². The molecule has 0 saturated carbocycles. The third-order valence-electron chi connectivity index (χ3n) is 3.41. The van der Waals surface area contributed by atoms with Gasteiger partial charge in [-0.15, -0.1) is 0 Å².